The van der Waals surface area contributed by atoms with Gasteiger partial charge >= 0.3 is 0 Å². The monoisotopic (exact) mass is 381 g/mol. The normalized spacial score (nSPS) is 12.1. The third kappa shape index (κ3) is 4.98. The van der Waals surface area contributed by atoms with Gasteiger partial charge in [0.15, 0.2) is 5.16 Å². The van der Waals surface area contributed by atoms with Crippen molar-refractivity contribution in [3.05, 3.63) is 70.1 Å². The topological polar surface area (TPSA) is 74.8 Å². The van der Waals surface area contributed by atoms with Crippen molar-refractivity contribution in [2.75, 3.05) is 5.75 Å². The smallest absolute Gasteiger partial charge is 0.251 e. The van der Waals surface area contributed by atoms with Crippen LogP contribution < -0.4 is 10.9 Å². The molecule has 0 saturated heterocycles. The zero-order chi connectivity index (χ0) is 19.2. The quantitative estimate of drug-likeness (QED) is 0.482. The molecular formula is C21H23N3O2S. The number of carbonyl (C=O) groups is 1. The molecule has 0 radical (unpaired) electrons. The SMILES string of the molecule is CCCc1cc(=O)[nH]c(SCC(=O)N[C@H](C)c2cccc3ccccc23)n1. The number of rotatable bonds is 7. The Labute approximate surface area is 162 Å². The van der Waals surface area contributed by atoms with Gasteiger partial charge in [-0.3, -0.25) is 9.59 Å². The van der Waals surface area contributed by atoms with Crippen LogP contribution in [0.25, 0.3) is 10.8 Å². The third-order valence-corrected chi connectivity index (χ3v) is 5.16. The summed E-state index contributed by atoms with van der Waals surface area (Å²) in [6.45, 7) is 4.02. The average molecular weight is 382 g/mol. The Morgan fingerprint density at radius 3 is 2.81 bits per heavy atom. The van der Waals surface area contributed by atoms with Crippen molar-refractivity contribution in [2.24, 2.45) is 0 Å². The fraction of sp³-hybridized carbons (Fsp3) is 0.286. The van der Waals surface area contributed by atoms with E-state index in [1.807, 2.05) is 38.1 Å². The number of H-pyrrole nitrogens is 1. The van der Waals surface area contributed by atoms with E-state index in [-0.39, 0.29) is 23.3 Å². The predicted molar refractivity (Wildman–Crippen MR) is 110 cm³/mol. The number of aryl methyl sites for hydroxylation is 1. The van der Waals surface area contributed by atoms with Crippen LogP contribution in [0.1, 0.15) is 37.6 Å². The third-order valence-electron chi connectivity index (χ3n) is 4.29. The minimum Gasteiger partial charge on any atom is -0.349 e. The number of fused-ring (bicyclic) bond motifs is 1. The molecule has 1 heterocycles. The Morgan fingerprint density at radius 1 is 1.22 bits per heavy atom. The van der Waals surface area contributed by atoms with Gasteiger partial charge in [-0.15, -0.1) is 0 Å². The van der Waals surface area contributed by atoms with Gasteiger partial charge in [0.25, 0.3) is 5.56 Å². The van der Waals surface area contributed by atoms with Crippen molar-refractivity contribution < 1.29 is 4.79 Å². The number of carbonyl (C=O) groups excluding carboxylic acids is 1. The lowest BCUT2D eigenvalue weighted by molar-refractivity contribution is -0.119. The standard InChI is InChI=1S/C21H23N3O2S/c1-3-7-16-12-19(25)24-21(23-16)27-13-20(26)22-14(2)17-11-6-9-15-8-4-5-10-18(15)17/h4-6,8-12,14H,3,7,13H2,1-2H3,(H,22,26)(H,23,24,25)/t14-/m1/s1. The first-order valence-electron chi connectivity index (χ1n) is 9.07. The highest BCUT2D eigenvalue weighted by Crippen LogP contribution is 2.24. The van der Waals surface area contributed by atoms with E-state index in [0.29, 0.717) is 5.16 Å². The van der Waals surface area contributed by atoms with Crippen LogP contribution in [0, 0.1) is 0 Å². The number of nitrogens with one attached hydrogen (secondary N) is 2. The second-order valence-electron chi connectivity index (χ2n) is 6.44. The first-order valence-corrected chi connectivity index (χ1v) is 10.1. The van der Waals surface area contributed by atoms with Crippen LogP contribution in [0.4, 0.5) is 0 Å². The Morgan fingerprint density at radius 2 is 2.00 bits per heavy atom. The molecule has 0 fully saturated rings. The molecule has 2 N–H and O–H groups in total. The summed E-state index contributed by atoms with van der Waals surface area (Å²) in [5, 5.41) is 5.81. The molecule has 2 aromatic carbocycles. The highest BCUT2D eigenvalue weighted by molar-refractivity contribution is 7.99. The molecule has 1 amide bonds. The van der Waals surface area contributed by atoms with E-state index in [1.165, 1.54) is 17.8 Å². The molecule has 1 atom stereocenters. The average Bonchev–Trinajstić information content (AvgIpc) is 2.66. The van der Waals surface area contributed by atoms with E-state index in [4.69, 9.17) is 0 Å². The van der Waals surface area contributed by atoms with Gasteiger partial charge in [0.1, 0.15) is 0 Å². The molecular weight excluding hydrogens is 358 g/mol. The first kappa shape index (κ1) is 19.2. The van der Waals surface area contributed by atoms with Gasteiger partial charge in [-0.25, -0.2) is 4.98 Å². The van der Waals surface area contributed by atoms with Crippen molar-refractivity contribution in [2.45, 2.75) is 37.9 Å². The van der Waals surface area contributed by atoms with Crippen LogP contribution in [0.15, 0.2) is 58.5 Å². The van der Waals surface area contributed by atoms with E-state index in [9.17, 15) is 9.59 Å². The lowest BCUT2D eigenvalue weighted by atomic mass is 10.00. The second-order valence-corrected chi connectivity index (χ2v) is 7.40. The number of thioether (sulfide) groups is 1. The van der Waals surface area contributed by atoms with Crippen LogP contribution in [0.5, 0.6) is 0 Å². The number of hydrogen-bond acceptors (Lipinski definition) is 4. The molecule has 140 valence electrons. The molecule has 0 aliphatic rings. The van der Waals surface area contributed by atoms with Crippen LogP contribution in [0.2, 0.25) is 0 Å². The van der Waals surface area contributed by atoms with Crippen LogP contribution in [0.3, 0.4) is 0 Å². The molecule has 0 aliphatic heterocycles. The molecule has 1 aromatic heterocycles. The van der Waals surface area contributed by atoms with Crippen molar-refractivity contribution in [3.63, 3.8) is 0 Å². The second kappa shape index (κ2) is 8.86. The summed E-state index contributed by atoms with van der Waals surface area (Å²) in [6, 6.07) is 15.6. The number of benzene rings is 2. The minimum atomic E-state index is -0.180. The van der Waals surface area contributed by atoms with Crippen LogP contribution >= 0.6 is 11.8 Å². The molecule has 27 heavy (non-hydrogen) atoms. The highest BCUT2D eigenvalue weighted by Gasteiger charge is 2.13. The summed E-state index contributed by atoms with van der Waals surface area (Å²) in [5.74, 6) is 0.108. The van der Waals surface area contributed by atoms with E-state index in [0.717, 1.165) is 34.9 Å². The molecule has 3 aromatic rings. The summed E-state index contributed by atoms with van der Waals surface area (Å²) in [7, 11) is 0. The predicted octanol–water partition coefficient (Wildman–Crippen LogP) is 3.85. The fourth-order valence-corrected chi connectivity index (χ4v) is 3.76. The minimum absolute atomic E-state index is 0.0935. The zero-order valence-electron chi connectivity index (χ0n) is 15.5. The van der Waals surface area contributed by atoms with E-state index in [2.05, 4.69) is 33.5 Å². The van der Waals surface area contributed by atoms with E-state index in [1.54, 1.807) is 0 Å². The van der Waals surface area contributed by atoms with Gasteiger partial charge in [0.2, 0.25) is 5.91 Å². The molecule has 0 unspecified atom stereocenters. The Bertz CT molecular complexity index is 995. The lowest BCUT2D eigenvalue weighted by Gasteiger charge is -2.16. The van der Waals surface area contributed by atoms with Crippen molar-refractivity contribution >= 4 is 28.4 Å². The maximum atomic E-state index is 12.4. The van der Waals surface area contributed by atoms with Crippen molar-refractivity contribution in [1.29, 1.82) is 0 Å². The van der Waals surface area contributed by atoms with E-state index >= 15 is 0 Å². The molecule has 0 saturated carbocycles. The summed E-state index contributed by atoms with van der Waals surface area (Å²) in [6.07, 6.45) is 1.67. The van der Waals surface area contributed by atoms with Gasteiger partial charge in [-0.2, -0.15) is 0 Å². The fourth-order valence-electron chi connectivity index (χ4n) is 3.06. The summed E-state index contributed by atoms with van der Waals surface area (Å²) in [5.41, 5.74) is 1.66. The maximum absolute atomic E-state index is 12.4. The number of hydrogen-bond donors (Lipinski definition) is 2. The van der Waals surface area contributed by atoms with Crippen LogP contribution in [-0.2, 0) is 11.2 Å². The van der Waals surface area contributed by atoms with Gasteiger partial charge in [-0.1, -0.05) is 67.6 Å². The number of aromatic nitrogens is 2. The number of nitrogens with zero attached hydrogens (tertiary/aromatic N) is 1. The van der Waals surface area contributed by atoms with Gasteiger partial charge in [0, 0.05) is 11.8 Å². The van der Waals surface area contributed by atoms with E-state index < -0.39 is 0 Å². The molecule has 0 spiro atoms. The first-order chi connectivity index (χ1) is 13.1. The molecule has 6 heteroatoms. The number of aromatic amines is 1. The van der Waals surface area contributed by atoms with Gasteiger partial charge in [0.05, 0.1) is 11.8 Å². The highest BCUT2D eigenvalue weighted by atomic mass is 32.2. The number of amides is 1. The van der Waals surface area contributed by atoms with Crippen molar-refractivity contribution in [1.82, 2.24) is 15.3 Å². The van der Waals surface area contributed by atoms with Gasteiger partial charge in [-0.05, 0) is 29.7 Å². The molecule has 0 bridgehead atoms. The molecule has 3 rings (SSSR count). The largest absolute Gasteiger partial charge is 0.349 e. The lowest BCUT2D eigenvalue weighted by Crippen LogP contribution is -2.28. The molecule has 5 nitrogen and oxygen atoms in total. The Balaban J connectivity index is 1.65. The Hall–Kier alpha value is -2.60. The summed E-state index contributed by atoms with van der Waals surface area (Å²) >= 11 is 1.24. The summed E-state index contributed by atoms with van der Waals surface area (Å²) in [4.78, 5) is 31.2. The van der Waals surface area contributed by atoms with Crippen molar-refractivity contribution in [3.8, 4) is 0 Å². The zero-order valence-corrected chi connectivity index (χ0v) is 16.3. The van der Waals surface area contributed by atoms with Crippen LogP contribution in [-0.4, -0.2) is 21.6 Å². The summed E-state index contributed by atoms with van der Waals surface area (Å²) < 4.78 is 0. The maximum Gasteiger partial charge on any atom is 0.251 e. The Kier molecular flexibility index (Phi) is 6.29. The molecule has 0 aliphatic carbocycles. The van der Waals surface area contributed by atoms with Gasteiger partial charge < -0.3 is 10.3 Å².